The molecule has 4 N–H and O–H groups in total. The molecule has 0 unspecified atom stereocenters. The highest BCUT2D eigenvalue weighted by molar-refractivity contribution is 6.22. The van der Waals surface area contributed by atoms with E-state index in [-0.39, 0.29) is 39.5 Å². The molecule has 3 aromatic carbocycles. The van der Waals surface area contributed by atoms with Crippen molar-refractivity contribution in [2.24, 2.45) is 0 Å². The Hall–Kier alpha value is -3.66. The van der Waals surface area contributed by atoms with Crippen molar-refractivity contribution in [3.8, 4) is 0 Å². The average Bonchev–Trinajstić information content (AvgIpc) is 2.74. The molecule has 0 fully saturated rings. The van der Waals surface area contributed by atoms with E-state index in [0.717, 1.165) is 11.1 Å². The second-order valence-electron chi connectivity index (χ2n) is 8.30. The summed E-state index contributed by atoms with van der Waals surface area (Å²) >= 11 is 0. The van der Waals surface area contributed by atoms with E-state index in [4.69, 9.17) is 11.5 Å². The van der Waals surface area contributed by atoms with Crippen LogP contribution in [-0.4, -0.2) is 11.6 Å². The van der Waals surface area contributed by atoms with Crippen molar-refractivity contribution in [3.05, 3.63) is 101 Å². The number of anilines is 2. The normalized spacial score (nSPS) is 11.2. The molecule has 0 aliphatic rings. The van der Waals surface area contributed by atoms with E-state index in [0.29, 0.717) is 11.1 Å². The Balaban J connectivity index is 2.07. The zero-order valence-electron chi connectivity index (χ0n) is 17.5. The van der Waals surface area contributed by atoms with Gasteiger partial charge >= 0.3 is 0 Å². The Labute approximate surface area is 177 Å². The molecule has 0 aliphatic heterocycles. The molecule has 4 nitrogen and oxygen atoms in total. The minimum Gasteiger partial charge on any atom is -0.397 e. The molecular weight excluding hydrogens is 372 g/mol. The zero-order chi connectivity index (χ0) is 22.1. The molecule has 3 rings (SSSR count). The predicted octanol–water partition coefficient (Wildman–Crippen LogP) is 5.25. The van der Waals surface area contributed by atoms with Gasteiger partial charge in [-0.15, -0.1) is 0 Å². The number of carbonyl (C=O) groups excluding carboxylic acids is 2. The van der Waals surface area contributed by atoms with Gasteiger partial charge in [0.1, 0.15) is 0 Å². The summed E-state index contributed by atoms with van der Waals surface area (Å²) in [5.74, 6) is -0.613. The molecule has 30 heavy (non-hydrogen) atoms. The Morgan fingerprint density at radius 3 is 1.87 bits per heavy atom. The second kappa shape index (κ2) is 7.99. The van der Waals surface area contributed by atoms with E-state index in [1.807, 2.05) is 12.1 Å². The molecule has 0 atom stereocenters. The number of rotatable bonds is 5. The van der Waals surface area contributed by atoms with E-state index in [1.165, 1.54) is 0 Å². The lowest BCUT2D eigenvalue weighted by atomic mass is 9.85. The van der Waals surface area contributed by atoms with Crippen molar-refractivity contribution in [1.29, 1.82) is 0 Å². The molecule has 0 aliphatic carbocycles. The first-order chi connectivity index (χ1) is 14.1. The average molecular weight is 399 g/mol. The quantitative estimate of drug-likeness (QED) is 0.454. The van der Waals surface area contributed by atoms with Crippen LogP contribution in [-0.2, 0) is 5.41 Å². The van der Waals surface area contributed by atoms with Crippen LogP contribution in [0.3, 0.4) is 0 Å². The summed E-state index contributed by atoms with van der Waals surface area (Å²) in [4.78, 5) is 26.5. The molecule has 3 aromatic rings. The van der Waals surface area contributed by atoms with Gasteiger partial charge in [-0.25, -0.2) is 0 Å². The van der Waals surface area contributed by atoms with E-state index < -0.39 is 0 Å². The van der Waals surface area contributed by atoms with Crippen LogP contribution in [0.5, 0.6) is 0 Å². The third-order valence-corrected chi connectivity index (χ3v) is 5.17. The summed E-state index contributed by atoms with van der Waals surface area (Å²) in [5, 5.41) is 0. The van der Waals surface area contributed by atoms with Gasteiger partial charge in [0.25, 0.3) is 0 Å². The summed E-state index contributed by atoms with van der Waals surface area (Å²) in [6.07, 6.45) is 1.70. The number of ketones is 2. The first kappa shape index (κ1) is 21.1. The molecule has 0 heterocycles. The molecular formula is C26H26N2O2. The Morgan fingerprint density at radius 2 is 1.33 bits per heavy atom. The fourth-order valence-corrected chi connectivity index (χ4v) is 3.26. The van der Waals surface area contributed by atoms with E-state index in [9.17, 15) is 9.59 Å². The lowest BCUT2D eigenvalue weighted by Gasteiger charge is -2.19. The largest absolute Gasteiger partial charge is 0.397 e. The maximum absolute atomic E-state index is 13.3. The van der Waals surface area contributed by atoms with Crippen molar-refractivity contribution < 1.29 is 9.59 Å². The lowest BCUT2D eigenvalue weighted by molar-refractivity contribution is 0.100. The smallest absolute Gasteiger partial charge is 0.195 e. The number of benzene rings is 3. The summed E-state index contributed by atoms with van der Waals surface area (Å²) in [5.41, 5.74) is 15.8. The van der Waals surface area contributed by atoms with Crippen LogP contribution in [0.2, 0.25) is 0 Å². The van der Waals surface area contributed by atoms with Gasteiger partial charge in [-0.3, -0.25) is 9.59 Å². The Morgan fingerprint density at radius 1 is 0.800 bits per heavy atom. The van der Waals surface area contributed by atoms with Gasteiger partial charge in [0.15, 0.2) is 11.6 Å². The number of carbonyl (C=O) groups is 2. The van der Waals surface area contributed by atoms with Crippen LogP contribution in [0.4, 0.5) is 11.4 Å². The zero-order valence-corrected chi connectivity index (χ0v) is 17.5. The summed E-state index contributed by atoms with van der Waals surface area (Å²) < 4.78 is 0. The van der Waals surface area contributed by atoms with Crippen molar-refractivity contribution in [1.82, 2.24) is 0 Å². The van der Waals surface area contributed by atoms with Gasteiger partial charge in [-0.1, -0.05) is 82.0 Å². The van der Waals surface area contributed by atoms with Crippen LogP contribution in [0.1, 0.15) is 63.7 Å². The highest BCUT2D eigenvalue weighted by Gasteiger charge is 2.24. The lowest BCUT2D eigenvalue weighted by Crippen LogP contribution is -2.16. The van der Waals surface area contributed by atoms with Gasteiger partial charge in [0.2, 0.25) is 0 Å². The molecule has 0 spiro atoms. The molecule has 4 heteroatoms. The highest BCUT2D eigenvalue weighted by atomic mass is 16.1. The SMILES string of the molecule is C=Cc1ccc(C(=O)c2ccc(N)c(N)c2C(=O)c2ccc(C(C)(C)C)cc2)cc1. The van der Waals surface area contributed by atoms with Gasteiger partial charge in [0.05, 0.1) is 16.9 Å². The number of nitrogen functional groups attached to an aromatic ring is 2. The van der Waals surface area contributed by atoms with Crippen molar-refractivity contribution in [2.75, 3.05) is 11.5 Å². The van der Waals surface area contributed by atoms with E-state index in [2.05, 4.69) is 27.4 Å². The van der Waals surface area contributed by atoms with Crippen LogP contribution >= 0.6 is 0 Å². The number of hydrogen-bond donors (Lipinski definition) is 2. The summed E-state index contributed by atoms with van der Waals surface area (Å²) in [6, 6.07) is 17.5. The minimum atomic E-state index is -0.327. The van der Waals surface area contributed by atoms with Crippen LogP contribution in [0, 0.1) is 0 Å². The third-order valence-electron chi connectivity index (χ3n) is 5.17. The molecule has 0 amide bonds. The van der Waals surface area contributed by atoms with Crippen LogP contribution in [0.15, 0.2) is 67.2 Å². The fourth-order valence-electron chi connectivity index (χ4n) is 3.26. The maximum atomic E-state index is 13.3. The molecule has 0 saturated heterocycles. The first-order valence-corrected chi connectivity index (χ1v) is 9.74. The summed E-state index contributed by atoms with van der Waals surface area (Å²) in [6.45, 7) is 10.0. The topological polar surface area (TPSA) is 86.2 Å². The molecule has 0 aromatic heterocycles. The van der Waals surface area contributed by atoms with Crippen molar-refractivity contribution in [2.45, 2.75) is 26.2 Å². The third kappa shape index (κ3) is 4.03. The van der Waals surface area contributed by atoms with Crippen molar-refractivity contribution >= 4 is 29.0 Å². The minimum absolute atomic E-state index is 0.0312. The van der Waals surface area contributed by atoms with Gasteiger partial charge in [0, 0.05) is 16.7 Å². The number of hydrogen-bond acceptors (Lipinski definition) is 4. The highest BCUT2D eigenvalue weighted by Crippen LogP contribution is 2.29. The standard InChI is InChI=1S/C26H26N2O2/c1-5-16-6-8-17(9-7-16)24(29)20-14-15-21(27)23(28)22(20)25(30)18-10-12-19(13-11-18)26(2,3)4/h5-15H,1,27-28H2,2-4H3. The predicted molar refractivity (Wildman–Crippen MR) is 124 cm³/mol. The van der Waals surface area contributed by atoms with Gasteiger partial charge in [-0.2, -0.15) is 0 Å². The Bertz CT molecular complexity index is 1120. The monoisotopic (exact) mass is 398 g/mol. The molecule has 0 saturated carbocycles. The molecule has 0 bridgehead atoms. The van der Waals surface area contributed by atoms with Crippen LogP contribution < -0.4 is 11.5 Å². The van der Waals surface area contributed by atoms with Crippen molar-refractivity contribution in [3.63, 3.8) is 0 Å². The van der Waals surface area contributed by atoms with E-state index in [1.54, 1.807) is 54.6 Å². The fraction of sp³-hybridized carbons (Fsp3) is 0.154. The first-order valence-electron chi connectivity index (χ1n) is 9.74. The van der Waals surface area contributed by atoms with E-state index >= 15 is 0 Å². The number of nitrogens with two attached hydrogens (primary N) is 2. The maximum Gasteiger partial charge on any atom is 0.195 e. The van der Waals surface area contributed by atoms with Gasteiger partial charge < -0.3 is 11.5 Å². The molecule has 0 radical (unpaired) electrons. The second-order valence-corrected chi connectivity index (χ2v) is 8.30. The summed E-state index contributed by atoms with van der Waals surface area (Å²) in [7, 11) is 0. The van der Waals surface area contributed by atoms with Gasteiger partial charge in [-0.05, 0) is 28.7 Å². The molecule has 152 valence electrons. The van der Waals surface area contributed by atoms with Crippen LogP contribution in [0.25, 0.3) is 6.08 Å². The Kier molecular flexibility index (Phi) is 5.61.